The van der Waals surface area contributed by atoms with E-state index in [1.807, 2.05) is 24.3 Å². The van der Waals surface area contributed by atoms with E-state index in [9.17, 15) is 4.79 Å². The molecular weight excluding hydrogens is 184 g/mol. The van der Waals surface area contributed by atoms with Crippen LogP contribution in [0.5, 0.6) is 0 Å². The van der Waals surface area contributed by atoms with E-state index in [0.29, 0.717) is 0 Å². The highest BCUT2D eigenvalue weighted by atomic mass is 16.1. The summed E-state index contributed by atoms with van der Waals surface area (Å²) in [4.78, 5) is 10.9. The Hall–Kier alpha value is -1.63. The third-order valence-corrected chi connectivity index (χ3v) is 2.79. The molecule has 0 unspecified atom stereocenters. The van der Waals surface area contributed by atoms with Crippen LogP contribution < -0.4 is 0 Å². The zero-order chi connectivity index (χ0) is 10.7. The van der Waals surface area contributed by atoms with E-state index < -0.39 is 0 Å². The van der Waals surface area contributed by atoms with E-state index in [2.05, 4.69) is 19.1 Å². The van der Waals surface area contributed by atoms with Crippen molar-refractivity contribution in [3.05, 3.63) is 53.1 Å². The summed E-state index contributed by atoms with van der Waals surface area (Å²) in [6, 6.07) is 7.77. The van der Waals surface area contributed by atoms with Gasteiger partial charge in [-0.1, -0.05) is 43.3 Å². The molecule has 1 heteroatoms. The Labute approximate surface area is 90.1 Å². The van der Waals surface area contributed by atoms with E-state index in [1.54, 1.807) is 0 Å². The molecule has 2 rings (SSSR count). The van der Waals surface area contributed by atoms with Gasteiger partial charge >= 0.3 is 0 Å². The summed E-state index contributed by atoms with van der Waals surface area (Å²) in [5.74, 6) is 0. The van der Waals surface area contributed by atoms with Gasteiger partial charge < -0.3 is 0 Å². The maximum atomic E-state index is 10.9. The first-order valence-corrected chi connectivity index (χ1v) is 5.31. The molecule has 1 nitrogen and oxygen atoms in total. The van der Waals surface area contributed by atoms with E-state index in [4.69, 9.17) is 0 Å². The number of carbonyl (C=O) groups excluding carboxylic acids is 1. The molecular formula is C14H14O. The van der Waals surface area contributed by atoms with Crippen LogP contribution in [0, 0.1) is 0 Å². The molecule has 0 fully saturated rings. The maximum absolute atomic E-state index is 10.9. The molecule has 1 aromatic rings. The highest BCUT2D eigenvalue weighted by molar-refractivity contribution is 5.91. The molecule has 0 aliphatic heterocycles. The van der Waals surface area contributed by atoms with Gasteiger partial charge in [0.1, 0.15) is 0 Å². The van der Waals surface area contributed by atoms with Crippen LogP contribution in [0.1, 0.15) is 35.7 Å². The third kappa shape index (κ3) is 1.78. The Kier molecular flexibility index (Phi) is 2.82. The van der Waals surface area contributed by atoms with Crippen LogP contribution in [0.4, 0.5) is 0 Å². The topological polar surface area (TPSA) is 17.1 Å². The van der Waals surface area contributed by atoms with Crippen molar-refractivity contribution in [2.45, 2.75) is 19.8 Å². The molecule has 76 valence electrons. The lowest BCUT2D eigenvalue weighted by atomic mass is 9.95. The van der Waals surface area contributed by atoms with Gasteiger partial charge in [0, 0.05) is 5.56 Å². The summed E-state index contributed by atoms with van der Waals surface area (Å²) in [6.07, 6.45) is 7.38. The Morgan fingerprint density at radius 2 is 2.07 bits per heavy atom. The van der Waals surface area contributed by atoms with Gasteiger partial charge in [0.15, 0.2) is 6.29 Å². The highest BCUT2D eigenvalue weighted by Gasteiger charge is 2.12. The highest BCUT2D eigenvalue weighted by Crippen LogP contribution is 2.32. The largest absolute Gasteiger partial charge is 0.298 e. The van der Waals surface area contributed by atoms with Crippen molar-refractivity contribution in [1.29, 1.82) is 0 Å². The number of hydrogen-bond acceptors (Lipinski definition) is 1. The van der Waals surface area contributed by atoms with Crippen LogP contribution in [0.15, 0.2) is 42.0 Å². The summed E-state index contributed by atoms with van der Waals surface area (Å²) < 4.78 is 0. The first-order chi connectivity index (χ1) is 7.36. The van der Waals surface area contributed by atoms with E-state index in [1.165, 1.54) is 11.1 Å². The second-order valence-corrected chi connectivity index (χ2v) is 3.64. The predicted octanol–water partition coefficient (Wildman–Crippen LogP) is 3.62. The van der Waals surface area contributed by atoms with Crippen molar-refractivity contribution in [3.8, 4) is 0 Å². The second-order valence-electron chi connectivity index (χ2n) is 3.64. The molecule has 1 aliphatic carbocycles. The number of hydrogen-bond donors (Lipinski definition) is 0. The molecule has 15 heavy (non-hydrogen) atoms. The van der Waals surface area contributed by atoms with Crippen molar-refractivity contribution >= 4 is 11.9 Å². The summed E-state index contributed by atoms with van der Waals surface area (Å²) >= 11 is 0. The third-order valence-electron chi connectivity index (χ3n) is 2.79. The summed E-state index contributed by atoms with van der Waals surface area (Å²) in [5.41, 5.74) is 4.44. The average Bonchev–Trinajstić information content (AvgIpc) is 2.76. The zero-order valence-electron chi connectivity index (χ0n) is 8.86. The van der Waals surface area contributed by atoms with Crippen LogP contribution in [-0.4, -0.2) is 6.29 Å². The second kappa shape index (κ2) is 4.26. The monoisotopic (exact) mass is 198 g/mol. The van der Waals surface area contributed by atoms with E-state index in [-0.39, 0.29) is 0 Å². The maximum Gasteiger partial charge on any atom is 0.150 e. The minimum atomic E-state index is 0.782. The van der Waals surface area contributed by atoms with Gasteiger partial charge in [-0.2, -0.15) is 0 Å². The van der Waals surface area contributed by atoms with Crippen LogP contribution in [-0.2, 0) is 0 Å². The minimum absolute atomic E-state index is 0.782. The van der Waals surface area contributed by atoms with E-state index >= 15 is 0 Å². The van der Waals surface area contributed by atoms with Gasteiger partial charge in [0.05, 0.1) is 0 Å². The smallest absolute Gasteiger partial charge is 0.150 e. The molecule has 1 aromatic carbocycles. The molecule has 0 bridgehead atoms. The molecule has 1 aliphatic rings. The number of rotatable bonds is 3. The van der Waals surface area contributed by atoms with Crippen LogP contribution in [0.25, 0.3) is 5.57 Å². The summed E-state index contributed by atoms with van der Waals surface area (Å²) in [5, 5.41) is 0. The summed E-state index contributed by atoms with van der Waals surface area (Å²) in [7, 11) is 0. The molecule has 0 amide bonds. The first-order valence-electron chi connectivity index (χ1n) is 5.31. The van der Waals surface area contributed by atoms with Crippen LogP contribution in [0.2, 0.25) is 0 Å². The zero-order valence-corrected chi connectivity index (χ0v) is 8.86. The van der Waals surface area contributed by atoms with Crippen LogP contribution >= 0.6 is 0 Å². The average molecular weight is 198 g/mol. The molecule has 0 spiro atoms. The number of aldehydes is 1. The lowest BCUT2D eigenvalue weighted by Gasteiger charge is -2.09. The van der Waals surface area contributed by atoms with Gasteiger partial charge in [-0.15, -0.1) is 0 Å². The van der Waals surface area contributed by atoms with Gasteiger partial charge in [0.25, 0.3) is 0 Å². The van der Waals surface area contributed by atoms with E-state index in [0.717, 1.165) is 30.3 Å². The fraction of sp³-hybridized carbons (Fsp3) is 0.214. The molecule has 0 aromatic heterocycles. The van der Waals surface area contributed by atoms with Crippen molar-refractivity contribution < 1.29 is 4.79 Å². The molecule has 0 saturated carbocycles. The van der Waals surface area contributed by atoms with Crippen molar-refractivity contribution in [3.63, 3.8) is 0 Å². The standard InChI is InChI=1S/C14H14O/c1-2-11-7-5-9-13(11)14-8-4-3-6-12(14)10-15/h3-4,6-10H,2,5H2,1H3. The Morgan fingerprint density at radius 3 is 2.80 bits per heavy atom. The van der Waals surface area contributed by atoms with Gasteiger partial charge in [-0.05, 0) is 29.6 Å². The summed E-state index contributed by atoms with van der Waals surface area (Å²) in [6.45, 7) is 2.15. The fourth-order valence-electron chi connectivity index (χ4n) is 2.02. The van der Waals surface area contributed by atoms with Crippen molar-refractivity contribution in [2.24, 2.45) is 0 Å². The first kappa shape index (κ1) is 9.91. The molecule has 0 saturated heterocycles. The minimum Gasteiger partial charge on any atom is -0.298 e. The Morgan fingerprint density at radius 1 is 1.27 bits per heavy atom. The number of carbonyl (C=O) groups is 1. The van der Waals surface area contributed by atoms with Gasteiger partial charge in [0.2, 0.25) is 0 Å². The lowest BCUT2D eigenvalue weighted by Crippen LogP contribution is -1.92. The van der Waals surface area contributed by atoms with Crippen LogP contribution in [0.3, 0.4) is 0 Å². The SMILES string of the molecule is CCC1=CCC=C1c1ccccc1C=O. The lowest BCUT2D eigenvalue weighted by molar-refractivity contribution is 0.112. The van der Waals surface area contributed by atoms with Gasteiger partial charge in [-0.3, -0.25) is 4.79 Å². The fourth-order valence-corrected chi connectivity index (χ4v) is 2.02. The molecule has 0 N–H and O–H groups in total. The quantitative estimate of drug-likeness (QED) is 0.678. The Balaban J connectivity index is 2.46. The normalized spacial score (nSPS) is 14.7. The Bertz CT molecular complexity index is 438. The number of allylic oxidation sites excluding steroid dienone is 4. The van der Waals surface area contributed by atoms with Gasteiger partial charge in [-0.25, -0.2) is 0 Å². The molecule has 0 radical (unpaired) electrons. The number of benzene rings is 1. The van der Waals surface area contributed by atoms with Crippen molar-refractivity contribution in [2.75, 3.05) is 0 Å². The molecule has 0 atom stereocenters. The van der Waals surface area contributed by atoms with Crippen molar-refractivity contribution in [1.82, 2.24) is 0 Å². The predicted molar refractivity (Wildman–Crippen MR) is 62.8 cm³/mol. The molecule has 0 heterocycles.